The van der Waals surface area contributed by atoms with Crippen LogP contribution < -0.4 is 0 Å². The number of benzene rings is 1. The predicted molar refractivity (Wildman–Crippen MR) is 38.5 cm³/mol. The van der Waals surface area contributed by atoms with Crippen LogP contribution in [0.2, 0.25) is 0 Å². The van der Waals surface area contributed by atoms with Gasteiger partial charge in [-0.3, -0.25) is 0 Å². The molecule has 0 fully saturated rings. The number of aliphatic hydroxyl groups excluding tert-OH is 1. The molecule has 0 amide bonds. The number of aromatic hydroxyl groups is 1. The second-order valence-electron chi connectivity index (χ2n) is 2.12. The van der Waals surface area contributed by atoms with E-state index in [0.717, 1.165) is 0 Å². The number of phenols is 1. The van der Waals surface area contributed by atoms with Gasteiger partial charge in [-0.15, -0.1) is 0 Å². The van der Waals surface area contributed by atoms with Gasteiger partial charge in [-0.05, 0) is 24.1 Å². The lowest BCUT2D eigenvalue weighted by Gasteiger charge is -1.99. The van der Waals surface area contributed by atoms with Crippen molar-refractivity contribution in [3.63, 3.8) is 0 Å². The van der Waals surface area contributed by atoms with Gasteiger partial charge in [0.05, 0.1) is 6.61 Å². The molecule has 1 aromatic carbocycles. The molecule has 0 atom stereocenters. The highest BCUT2D eigenvalue weighted by Gasteiger charge is 1.95. The summed E-state index contributed by atoms with van der Waals surface area (Å²) in [4.78, 5) is 0. The summed E-state index contributed by atoms with van der Waals surface area (Å²) in [7, 11) is 0. The molecule has 1 rings (SSSR count). The van der Waals surface area contributed by atoms with E-state index >= 15 is 0 Å². The molecule has 0 aromatic heterocycles. The first-order valence-electron chi connectivity index (χ1n) is 2.98. The summed E-state index contributed by atoms with van der Waals surface area (Å²) in [6.07, 6.45) is 0. The van der Waals surface area contributed by atoms with Gasteiger partial charge in [0.2, 0.25) is 0 Å². The number of hydrogen-bond acceptors (Lipinski definition) is 2. The molecule has 0 spiro atoms. The molecule has 0 aliphatic heterocycles. The Balaban J connectivity index is 3.04. The lowest BCUT2D eigenvalue weighted by Crippen LogP contribution is -1.82. The number of aliphatic hydroxyl groups is 1. The van der Waals surface area contributed by atoms with Crippen molar-refractivity contribution in [1.29, 1.82) is 0 Å². The maximum atomic E-state index is 9.06. The lowest BCUT2D eigenvalue weighted by molar-refractivity contribution is 0.281. The maximum Gasteiger partial charge on any atom is 0.119 e. The third-order valence-corrected chi connectivity index (χ3v) is 1.33. The van der Waals surface area contributed by atoms with Crippen molar-refractivity contribution in [2.24, 2.45) is 0 Å². The fraction of sp³-hybridized carbons (Fsp3) is 0.125. The van der Waals surface area contributed by atoms with Crippen molar-refractivity contribution in [1.82, 2.24) is 0 Å². The summed E-state index contributed by atoms with van der Waals surface area (Å²) in [6, 6.07) is 4.89. The molecular weight excluding hydrogens is 128 g/mol. The monoisotopic (exact) mass is 137 g/mol. The van der Waals surface area contributed by atoms with Gasteiger partial charge in [0, 0.05) is 0 Å². The lowest BCUT2D eigenvalue weighted by atomic mass is 10.1. The summed E-state index contributed by atoms with van der Waals surface area (Å²) in [5.74, 6) is 0.131. The molecule has 0 aliphatic rings. The third kappa shape index (κ3) is 1.28. The van der Waals surface area contributed by atoms with Crippen LogP contribution in [0.4, 0.5) is 0 Å². The fourth-order valence-corrected chi connectivity index (χ4v) is 0.708. The van der Waals surface area contributed by atoms with Gasteiger partial charge < -0.3 is 10.2 Å². The Labute approximate surface area is 59.7 Å². The van der Waals surface area contributed by atoms with Gasteiger partial charge in [-0.25, -0.2) is 0 Å². The van der Waals surface area contributed by atoms with Crippen LogP contribution in [0.1, 0.15) is 11.1 Å². The van der Waals surface area contributed by atoms with Crippen molar-refractivity contribution >= 4 is 0 Å². The van der Waals surface area contributed by atoms with Crippen LogP contribution in [0.3, 0.4) is 0 Å². The maximum absolute atomic E-state index is 9.06. The van der Waals surface area contributed by atoms with Crippen LogP contribution in [-0.2, 0) is 6.61 Å². The van der Waals surface area contributed by atoms with E-state index in [-0.39, 0.29) is 12.4 Å². The van der Waals surface area contributed by atoms with Gasteiger partial charge >= 0.3 is 0 Å². The smallest absolute Gasteiger partial charge is 0.119 e. The summed E-state index contributed by atoms with van der Waals surface area (Å²) >= 11 is 0. The number of hydrogen-bond donors (Lipinski definition) is 2. The SMILES string of the molecule is [CH2]c1ccc(CO)cc1O. The first-order valence-corrected chi connectivity index (χ1v) is 2.98. The quantitative estimate of drug-likeness (QED) is 0.607. The Hall–Kier alpha value is -1.02. The fourth-order valence-electron chi connectivity index (χ4n) is 0.708. The summed E-state index contributed by atoms with van der Waals surface area (Å²) < 4.78 is 0. The third-order valence-electron chi connectivity index (χ3n) is 1.33. The van der Waals surface area contributed by atoms with Crippen LogP contribution in [0, 0.1) is 6.92 Å². The molecular formula is C8H9O2. The highest BCUT2D eigenvalue weighted by molar-refractivity contribution is 5.37. The summed E-state index contributed by atoms with van der Waals surface area (Å²) in [6.45, 7) is 3.52. The molecule has 0 bridgehead atoms. The molecule has 1 radical (unpaired) electrons. The Morgan fingerprint density at radius 1 is 1.40 bits per heavy atom. The van der Waals surface area contributed by atoms with Crippen molar-refractivity contribution < 1.29 is 10.2 Å². The molecule has 0 unspecified atom stereocenters. The van der Waals surface area contributed by atoms with E-state index in [9.17, 15) is 0 Å². The van der Waals surface area contributed by atoms with E-state index in [2.05, 4.69) is 6.92 Å². The van der Waals surface area contributed by atoms with E-state index in [4.69, 9.17) is 10.2 Å². The predicted octanol–water partition coefficient (Wildman–Crippen LogP) is 1.07. The highest BCUT2D eigenvalue weighted by Crippen LogP contribution is 2.16. The minimum Gasteiger partial charge on any atom is -0.508 e. The van der Waals surface area contributed by atoms with Gasteiger partial charge in [-0.2, -0.15) is 0 Å². The number of phenolic OH excluding ortho intramolecular Hbond substituents is 1. The van der Waals surface area contributed by atoms with Gasteiger partial charge in [0.1, 0.15) is 5.75 Å². The van der Waals surface area contributed by atoms with E-state index in [0.29, 0.717) is 11.1 Å². The molecule has 2 heteroatoms. The van der Waals surface area contributed by atoms with E-state index in [1.54, 1.807) is 12.1 Å². The van der Waals surface area contributed by atoms with Crippen LogP contribution in [0.25, 0.3) is 0 Å². The Bertz CT molecular complexity index is 231. The summed E-state index contributed by atoms with van der Waals surface area (Å²) in [5.41, 5.74) is 1.28. The molecule has 0 saturated heterocycles. The number of rotatable bonds is 1. The van der Waals surface area contributed by atoms with Crippen LogP contribution in [-0.4, -0.2) is 10.2 Å². The van der Waals surface area contributed by atoms with Gasteiger partial charge in [0.15, 0.2) is 0 Å². The van der Waals surface area contributed by atoms with Crippen LogP contribution >= 0.6 is 0 Å². The molecule has 10 heavy (non-hydrogen) atoms. The average Bonchev–Trinajstić information content (AvgIpc) is 1.95. The molecule has 2 N–H and O–H groups in total. The Morgan fingerprint density at radius 2 is 2.10 bits per heavy atom. The highest BCUT2D eigenvalue weighted by atomic mass is 16.3. The van der Waals surface area contributed by atoms with E-state index in [1.807, 2.05) is 0 Å². The zero-order chi connectivity index (χ0) is 7.56. The normalized spacial score (nSPS) is 9.80. The average molecular weight is 137 g/mol. The Kier molecular flexibility index (Phi) is 1.92. The molecule has 0 saturated carbocycles. The molecule has 1 aromatic rings. The minimum atomic E-state index is -0.0478. The molecule has 0 heterocycles. The van der Waals surface area contributed by atoms with Gasteiger partial charge in [0.25, 0.3) is 0 Å². The molecule has 2 nitrogen and oxygen atoms in total. The zero-order valence-corrected chi connectivity index (χ0v) is 5.54. The van der Waals surface area contributed by atoms with Crippen molar-refractivity contribution in [3.05, 3.63) is 36.2 Å². The Morgan fingerprint density at radius 3 is 2.60 bits per heavy atom. The van der Waals surface area contributed by atoms with E-state index < -0.39 is 0 Å². The van der Waals surface area contributed by atoms with Crippen molar-refractivity contribution in [3.8, 4) is 5.75 Å². The zero-order valence-electron chi connectivity index (χ0n) is 5.54. The largest absolute Gasteiger partial charge is 0.508 e. The standard InChI is InChI=1S/C8H9O2/c1-6-2-3-7(5-9)4-8(6)10/h2-4,9-10H,1,5H2. The van der Waals surface area contributed by atoms with Crippen LogP contribution in [0.5, 0.6) is 5.75 Å². The first kappa shape index (κ1) is 7.09. The first-order chi connectivity index (χ1) is 4.74. The second-order valence-corrected chi connectivity index (χ2v) is 2.12. The second kappa shape index (κ2) is 2.71. The van der Waals surface area contributed by atoms with Crippen LogP contribution in [0.15, 0.2) is 18.2 Å². The van der Waals surface area contributed by atoms with Gasteiger partial charge in [-0.1, -0.05) is 12.1 Å². The van der Waals surface area contributed by atoms with Crippen molar-refractivity contribution in [2.75, 3.05) is 0 Å². The van der Waals surface area contributed by atoms with E-state index in [1.165, 1.54) is 6.07 Å². The molecule has 53 valence electrons. The van der Waals surface area contributed by atoms with Crippen molar-refractivity contribution in [2.45, 2.75) is 6.61 Å². The summed E-state index contributed by atoms with van der Waals surface area (Å²) in [5, 5.41) is 17.7. The topological polar surface area (TPSA) is 40.5 Å². The minimum absolute atomic E-state index is 0.0478. The molecule has 0 aliphatic carbocycles.